The molecule has 0 aliphatic rings. The van der Waals surface area contributed by atoms with Crippen LogP contribution in [0.1, 0.15) is 4.88 Å². The van der Waals surface area contributed by atoms with Crippen molar-refractivity contribution in [3.63, 3.8) is 0 Å². The highest BCUT2D eigenvalue weighted by molar-refractivity contribution is 7.10. The molecule has 0 atom stereocenters. The Morgan fingerprint density at radius 3 is 2.33 bits per heavy atom. The van der Waals surface area contributed by atoms with Gasteiger partial charge in [0, 0.05) is 34.5 Å². The summed E-state index contributed by atoms with van der Waals surface area (Å²) in [6.45, 7) is 0.694. The van der Waals surface area contributed by atoms with E-state index in [1.807, 2.05) is 29.6 Å². The minimum Gasteiger partial charge on any atom is -0.497 e. The standard InChI is InChI=1S/C13H16N2O2S/c1-16-10-5-9(6-11(7-10)17-2)15-8-13-12(14)3-4-18-13/h3-7,15H,8,14H2,1-2H3. The monoisotopic (exact) mass is 264 g/mol. The number of nitrogens with two attached hydrogens (primary N) is 1. The molecule has 1 aromatic heterocycles. The number of hydrogen-bond acceptors (Lipinski definition) is 5. The van der Waals surface area contributed by atoms with Crippen molar-refractivity contribution in [1.82, 2.24) is 0 Å². The third-order valence-electron chi connectivity index (χ3n) is 2.58. The fraction of sp³-hybridized carbons (Fsp3) is 0.231. The van der Waals surface area contributed by atoms with Crippen molar-refractivity contribution >= 4 is 22.7 Å². The van der Waals surface area contributed by atoms with Crippen molar-refractivity contribution in [3.8, 4) is 11.5 Å². The van der Waals surface area contributed by atoms with Gasteiger partial charge in [0.15, 0.2) is 0 Å². The molecule has 1 heterocycles. The Kier molecular flexibility index (Phi) is 3.94. The van der Waals surface area contributed by atoms with E-state index in [0.29, 0.717) is 6.54 Å². The first-order chi connectivity index (χ1) is 8.72. The van der Waals surface area contributed by atoms with Gasteiger partial charge < -0.3 is 20.5 Å². The smallest absolute Gasteiger partial charge is 0.124 e. The van der Waals surface area contributed by atoms with Crippen LogP contribution in [0.5, 0.6) is 11.5 Å². The molecule has 1 aromatic carbocycles. The van der Waals surface area contributed by atoms with E-state index in [-0.39, 0.29) is 0 Å². The quantitative estimate of drug-likeness (QED) is 0.871. The van der Waals surface area contributed by atoms with Crippen LogP contribution < -0.4 is 20.5 Å². The van der Waals surface area contributed by atoms with E-state index in [9.17, 15) is 0 Å². The zero-order valence-corrected chi connectivity index (χ0v) is 11.2. The van der Waals surface area contributed by atoms with Crippen LogP contribution in [0.15, 0.2) is 29.6 Å². The van der Waals surface area contributed by atoms with Gasteiger partial charge in [0.25, 0.3) is 0 Å². The number of benzene rings is 1. The molecule has 0 saturated heterocycles. The summed E-state index contributed by atoms with van der Waals surface area (Å²) in [6, 6.07) is 7.59. The third-order valence-corrected chi connectivity index (χ3v) is 3.52. The lowest BCUT2D eigenvalue weighted by Gasteiger charge is -2.10. The molecule has 0 spiro atoms. The lowest BCUT2D eigenvalue weighted by Crippen LogP contribution is -2.00. The number of thiophene rings is 1. The zero-order valence-electron chi connectivity index (χ0n) is 10.4. The molecule has 5 heteroatoms. The van der Waals surface area contributed by atoms with Gasteiger partial charge in [-0.1, -0.05) is 0 Å². The van der Waals surface area contributed by atoms with E-state index < -0.39 is 0 Å². The van der Waals surface area contributed by atoms with Crippen molar-refractivity contribution in [2.45, 2.75) is 6.54 Å². The molecule has 2 aromatic rings. The average Bonchev–Trinajstić information content (AvgIpc) is 2.81. The molecule has 4 nitrogen and oxygen atoms in total. The maximum atomic E-state index is 5.84. The molecule has 0 saturated carbocycles. The maximum absolute atomic E-state index is 5.84. The van der Waals surface area contributed by atoms with Crippen molar-refractivity contribution in [1.29, 1.82) is 0 Å². The van der Waals surface area contributed by atoms with E-state index in [4.69, 9.17) is 15.2 Å². The number of rotatable bonds is 5. The number of nitrogens with one attached hydrogen (secondary N) is 1. The molecule has 0 aliphatic heterocycles. The Morgan fingerprint density at radius 2 is 1.83 bits per heavy atom. The Balaban J connectivity index is 2.11. The predicted molar refractivity (Wildman–Crippen MR) is 75.6 cm³/mol. The Labute approximate surface area is 110 Å². The Morgan fingerprint density at radius 1 is 1.17 bits per heavy atom. The first kappa shape index (κ1) is 12.6. The molecule has 0 bridgehead atoms. The van der Waals surface area contributed by atoms with Crippen LogP contribution in [-0.2, 0) is 6.54 Å². The second-order valence-corrected chi connectivity index (χ2v) is 4.75. The van der Waals surface area contributed by atoms with Gasteiger partial charge >= 0.3 is 0 Å². The minimum absolute atomic E-state index is 0.694. The lowest BCUT2D eigenvalue weighted by atomic mass is 10.2. The van der Waals surface area contributed by atoms with E-state index in [1.165, 1.54) is 0 Å². The van der Waals surface area contributed by atoms with Gasteiger partial charge in [-0.2, -0.15) is 0 Å². The molecule has 0 unspecified atom stereocenters. The molecule has 96 valence electrons. The van der Waals surface area contributed by atoms with Gasteiger partial charge in [0.2, 0.25) is 0 Å². The summed E-state index contributed by atoms with van der Waals surface area (Å²) in [6.07, 6.45) is 0. The SMILES string of the molecule is COc1cc(NCc2sccc2N)cc(OC)c1. The van der Waals surface area contributed by atoms with Crippen LogP contribution in [0.2, 0.25) is 0 Å². The zero-order chi connectivity index (χ0) is 13.0. The number of hydrogen-bond donors (Lipinski definition) is 2. The van der Waals surface area contributed by atoms with Crippen LogP contribution in [0.4, 0.5) is 11.4 Å². The summed E-state index contributed by atoms with van der Waals surface area (Å²) < 4.78 is 10.4. The molecule has 2 rings (SSSR count). The van der Waals surface area contributed by atoms with E-state index in [2.05, 4.69) is 5.32 Å². The number of ether oxygens (including phenoxy) is 2. The highest BCUT2D eigenvalue weighted by Crippen LogP contribution is 2.27. The summed E-state index contributed by atoms with van der Waals surface area (Å²) in [7, 11) is 3.27. The third kappa shape index (κ3) is 2.87. The average molecular weight is 264 g/mol. The molecular formula is C13H16N2O2S. The largest absolute Gasteiger partial charge is 0.497 e. The topological polar surface area (TPSA) is 56.5 Å². The highest BCUT2D eigenvalue weighted by atomic mass is 32.1. The molecule has 0 amide bonds. The highest BCUT2D eigenvalue weighted by Gasteiger charge is 2.04. The van der Waals surface area contributed by atoms with E-state index in [0.717, 1.165) is 27.8 Å². The molecule has 18 heavy (non-hydrogen) atoms. The van der Waals surface area contributed by atoms with Crippen molar-refractivity contribution in [2.24, 2.45) is 0 Å². The number of anilines is 2. The summed E-state index contributed by atoms with van der Waals surface area (Å²) in [5, 5.41) is 5.29. The van der Waals surface area contributed by atoms with Gasteiger partial charge in [0.1, 0.15) is 11.5 Å². The van der Waals surface area contributed by atoms with Crippen LogP contribution in [-0.4, -0.2) is 14.2 Å². The van der Waals surface area contributed by atoms with Crippen LogP contribution >= 0.6 is 11.3 Å². The predicted octanol–water partition coefficient (Wildman–Crippen LogP) is 2.96. The molecule has 0 fully saturated rings. The van der Waals surface area contributed by atoms with E-state index in [1.54, 1.807) is 25.6 Å². The number of nitrogen functional groups attached to an aromatic ring is 1. The van der Waals surface area contributed by atoms with Crippen molar-refractivity contribution in [3.05, 3.63) is 34.5 Å². The van der Waals surface area contributed by atoms with Gasteiger partial charge in [0.05, 0.1) is 20.8 Å². The van der Waals surface area contributed by atoms with Crippen molar-refractivity contribution < 1.29 is 9.47 Å². The maximum Gasteiger partial charge on any atom is 0.124 e. The molecule has 0 aliphatic carbocycles. The van der Waals surface area contributed by atoms with Gasteiger partial charge in [-0.25, -0.2) is 0 Å². The summed E-state index contributed by atoms with van der Waals surface area (Å²) in [4.78, 5) is 1.12. The summed E-state index contributed by atoms with van der Waals surface area (Å²) >= 11 is 1.64. The molecular weight excluding hydrogens is 248 g/mol. The second-order valence-electron chi connectivity index (χ2n) is 3.75. The van der Waals surface area contributed by atoms with Gasteiger partial charge in [-0.3, -0.25) is 0 Å². The van der Waals surface area contributed by atoms with Crippen LogP contribution in [0.3, 0.4) is 0 Å². The minimum atomic E-state index is 0.694. The molecule has 3 N–H and O–H groups in total. The summed E-state index contributed by atoms with van der Waals surface area (Å²) in [5.41, 5.74) is 7.60. The summed E-state index contributed by atoms with van der Waals surface area (Å²) in [5.74, 6) is 1.52. The van der Waals surface area contributed by atoms with Crippen molar-refractivity contribution in [2.75, 3.05) is 25.3 Å². The Hall–Kier alpha value is -1.88. The Bertz CT molecular complexity index is 503. The lowest BCUT2D eigenvalue weighted by molar-refractivity contribution is 0.394. The fourth-order valence-electron chi connectivity index (χ4n) is 1.59. The van der Waals surface area contributed by atoms with Gasteiger partial charge in [-0.15, -0.1) is 11.3 Å². The second kappa shape index (κ2) is 5.64. The first-order valence-electron chi connectivity index (χ1n) is 5.51. The first-order valence-corrected chi connectivity index (χ1v) is 6.39. The van der Waals surface area contributed by atoms with Crippen LogP contribution in [0, 0.1) is 0 Å². The fourth-order valence-corrected chi connectivity index (χ4v) is 2.32. The normalized spacial score (nSPS) is 10.1. The van der Waals surface area contributed by atoms with Crippen LogP contribution in [0.25, 0.3) is 0 Å². The number of methoxy groups -OCH3 is 2. The van der Waals surface area contributed by atoms with E-state index >= 15 is 0 Å². The molecule has 0 radical (unpaired) electrons. The van der Waals surface area contributed by atoms with Gasteiger partial charge in [-0.05, 0) is 11.4 Å².